The van der Waals surface area contributed by atoms with E-state index in [4.69, 9.17) is 4.74 Å². The number of halogens is 1. The summed E-state index contributed by atoms with van der Waals surface area (Å²) in [6, 6.07) is 2.22. The molecule has 1 aromatic rings. The molecule has 2 unspecified atom stereocenters. The van der Waals surface area contributed by atoms with Gasteiger partial charge in [-0.2, -0.15) is 0 Å². The van der Waals surface area contributed by atoms with Crippen molar-refractivity contribution in [2.24, 2.45) is 16.2 Å². The molecule has 23 heavy (non-hydrogen) atoms. The number of aliphatic hydroxyl groups excluding tert-OH is 1. The summed E-state index contributed by atoms with van der Waals surface area (Å²) in [6.07, 6.45) is 9.54. The zero-order valence-electron chi connectivity index (χ0n) is 14.5. The Labute approximate surface area is 152 Å². The Morgan fingerprint density at radius 1 is 1.13 bits per heavy atom. The monoisotopic (exact) mass is 429 g/mol. The molecule has 4 saturated carbocycles. The number of hydrogen-bond donors (Lipinski definition) is 1. The van der Waals surface area contributed by atoms with Crippen LogP contribution in [-0.2, 0) is 11.3 Å². The molecule has 4 aliphatic carbocycles. The van der Waals surface area contributed by atoms with Gasteiger partial charge in [-0.05, 0) is 90.4 Å². The first-order valence-corrected chi connectivity index (χ1v) is 9.84. The fourth-order valence-corrected chi connectivity index (χ4v) is 7.82. The Morgan fingerprint density at radius 2 is 1.78 bits per heavy atom. The molecule has 0 saturated heterocycles. The van der Waals surface area contributed by atoms with E-state index in [2.05, 4.69) is 60.2 Å². The lowest BCUT2D eigenvalue weighted by Crippen LogP contribution is -2.64. The average Bonchev–Trinajstić information content (AvgIpc) is 2.65. The molecule has 0 aliphatic heterocycles. The van der Waals surface area contributed by atoms with Crippen LogP contribution in [0.3, 0.4) is 0 Å². The molecule has 1 heterocycles. The molecule has 128 valence electrons. The van der Waals surface area contributed by atoms with E-state index in [0.29, 0.717) is 16.2 Å². The maximum absolute atomic E-state index is 9.49. The zero-order chi connectivity index (χ0) is 16.5. The summed E-state index contributed by atoms with van der Waals surface area (Å²) in [6.45, 7) is 8.11. The van der Waals surface area contributed by atoms with E-state index in [1.54, 1.807) is 0 Å². The minimum absolute atomic E-state index is 0.0960. The highest BCUT2D eigenvalue weighted by Crippen LogP contribution is 2.72. The van der Waals surface area contributed by atoms with E-state index in [-0.39, 0.29) is 12.4 Å². The van der Waals surface area contributed by atoms with Crippen LogP contribution < -0.4 is 0 Å². The Balaban J connectivity index is 1.72. The minimum Gasteiger partial charge on any atom is -0.371 e. The van der Waals surface area contributed by atoms with Crippen molar-refractivity contribution in [3.05, 3.63) is 21.5 Å². The first-order valence-electron chi connectivity index (χ1n) is 8.76. The summed E-state index contributed by atoms with van der Waals surface area (Å²) in [4.78, 5) is 0. The van der Waals surface area contributed by atoms with Crippen LogP contribution in [0.4, 0.5) is 0 Å². The number of hydrogen-bond acceptors (Lipinski definition) is 2. The SMILES string of the molecule is Cc1c(I)ccn1CC12CC3(C)CC(C)(C1)CC(OCO)(C3)C2. The third-order valence-corrected chi connectivity index (χ3v) is 7.85. The summed E-state index contributed by atoms with van der Waals surface area (Å²) in [5, 5.41) is 9.49. The van der Waals surface area contributed by atoms with Crippen molar-refractivity contribution in [2.75, 3.05) is 6.79 Å². The molecule has 3 nitrogen and oxygen atoms in total. The van der Waals surface area contributed by atoms with Gasteiger partial charge in [0.1, 0.15) is 6.79 Å². The summed E-state index contributed by atoms with van der Waals surface area (Å²) in [7, 11) is 0. The van der Waals surface area contributed by atoms with Crippen molar-refractivity contribution in [1.29, 1.82) is 0 Å². The van der Waals surface area contributed by atoms with Crippen molar-refractivity contribution in [3.63, 3.8) is 0 Å². The first kappa shape index (κ1) is 16.4. The van der Waals surface area contributed by atoms with E-state index >= 15 is 0 Å². The van der Waals surface area contributed by atoms with Gasteiger partial charge in [-0.3, -0.25) is 0 Å². The van der Waals surface area contributed by atoms with Gasteiger partial charge in [0.25, 0.3) is 0 Å². The van der Waals surface area contributed by atoms with Crippen LogP contribution in [0.15, 0.2) is 12.3 Å². The van der Waals surface area contributed by atoms with Gasteiger partial charge < -0.3 is 14.4 Å². The molecular formula is C19H28INO2. The fraction of sp³-hybridized carbons (Fsp3) is 0.789. The highest BCUT2D eigenvalue weighted by molar-refractivity contribution is 14.1. The molecular weight excluding hydrogens is 401 g/mol. The molecule has 0 amide bonds. The Bertz CT molecular complexity index is 619. The van der Waals surface area contributed by atoms with Crippen molar-refractivity contribution < 1.29 is 9.84 Å². The summed E-state index contributed by atoms with van der Waals surface area (Å²) in [5.41, 5.74) is 2.34. The lowest BCUT2D eigenvalue weighted by Gasteiger charge is -2.69. The highest BCUT2D eigenvalue weighted by Gasteiger charge is 2.66. The molecule has 0 spiro atoms. The van der Waals surface area contributed by atoms with Crippen LogP contribution in [0.1, 0.15) is 58.1 Å². The van der Waals surface area contributed by atoms with Gasteiger partial charge in [0.15, 0.2) is 0 Å². The second-order valence-corrected chi connectivity index (χ2v) is 10.7. The Kier molecular flexibility index (Phi) is 3.55. The predicted octanol–water partition coefficient (Wildman–Crippen LogP) is 4.49. The van der Waals surface area contributed by atoms with Crippen LogP contribution in [-0.4, -0.2) is 22.1 Å². The van der Waals surface area contributed by atoms with Crippen LogP contribution in [0, 0.1) is 26.7 Å². The number of aliphatic hydroxyl groups is 1. The highest BCUT2D eigenvalue weighted by atomic mass is 127. The number of nitrogens with zero attached hydrogens (tertiary/aromatic N) is 1. The molecule has 0 aromatic carbocycles. The third kappa shape index (κ3) is 2.60. The van der Waals surface area contributed by atoms with Crippen molar-refractivity contribution in [1.82, 2.24) is 4.57 Å². The minimum atomic E-state index is -0.136. The first-order chi connectivity index (χ1) is 10.7. The van der Waals surface area contributed by atoms with Gasteiger partial charge in [-0.25, -0.2) is 0 Å². The summed E-state index contributed by atoms with van der Waals surface area (Å²) >= 11 is 2.43. The second-order valence-electron chi connectivity index (χ2n) is 9.52. The maximum Gasteiger partial charge on any atom is 0.144 e. The summed E-state index contributed by atoms with van der Waals surface area (Å²) < 4.78 is 9.82. The van der Waals surface area contributed by atoms with Gasteiger partial charge in [-0.15, -0.1) is 0 Å². The van der Waals surface area contributed by atoms with E-state index in [1.165, 1.54) is 28.5 Å². The van der Waals surface area contributed by atoms with Crippen LogP contribution >= 0.6 is 22.6 Å². The maximum atomic E-state index is 9.49. The lowest BCUT2D eigenvalue weighted by atomic mass is 9.39. The fourth-order valence-electron chi connectivity index (χ4n) is 7.35. The van der Waals surface area contributed by atoms with Crippen molar-refractivity contribution in [2.45, 2.75) is 71.4 Å². The van der Waals surface area contributed by atoms with E-state index in [0.717, 1.165) is 25.8 Å². The molecule has 4 fully saturated rings. The van der Waals surface area contributed by atoms with Crippen LogP contribution in [0.5, 0.6) is 0 Å². The van der Waals surface area contributed by atoms with E-state index in [9.17, 15) is 5.11 Å². The molecule has 4 aliphatic rings. The zero-order valence-corrected chi connectivity index (χ0v) is 16.6. The molecule has 4 bridgehead atoms. The van der Waals surface area contributed by atoms with Crippen LogP contribution in [0.2, 0.25) is 0 Å². The Morgan fingerprint density at radius 3 is 2.30 bits per heavy atom. The molecule has 1 aromatic heterocycles. The molecule has 4 heteroatoms. The molecule has 5 rings (SSSR count). The average molecular weight is 429 g/mol. The van der Waals surface area contributed by atoms with E-state index in [1.807, 2.05) is 0 Å². The van der Waals surface area contributed by atoms with Crippen molar-refractivity contribution >= 4 is 22.6 Å². The van der Waals surface area contributed by atoms with Gasteiger partial charge in [-0.1, -0.05) is 13.8 Å². The van der Waals surface area contributed by atoms with Crippen LogP contribution in [0.25, 0.3) is 0 Å². The molecule has 1 N–H and O–H groups in total. The number of aromatic nitrogens is 1. The largest absolute Gasteiger partial charge is 0.371 e. The molecule has 2 atom stereocenters. The van der Waals surface area contributed by atoms with Gasteiger partial charge in [0.05, 0.1) is 5.60 Å². The third-order valence-electron chi connectivity index (χ3n) is 6.71. The topological polar surface area (TPSA) is 34.4 Å². The van der Waals surface area contributed by atoms with Gasteiger partial charge in [0, 0.05) is 22.0 Å². The number of ether oxygens (including phenoxy) is 1. The smallest absolute Gasteiger partial charge is 0.144 e. The van der Waals surface area contributed by atoms with Gasteiger partial charge >= 0.3 is 0 Å². The van der Waals surface area contributed by atoms with E-state index < -0.39 is 0 Å². The normalized spacial score (nSPS) is 44.9. The summed E-state index contributed by atoms with van der Waals surface area (Å²) in [5.74, 6) is 0. The number of rotatable bonds is 4. The lowest BCUT2D eigenvalue weighted by molar-refractivity contribution is -0.265. The van der Waals surface area contributed by atoms with Crippen molar-refractivity contribution in [3.8, 4) is 0 Å². The van der Waals surface area contributed by atoms with Gasteiger partial charge in [0.2, 0.25) is 0 Å². The molecule has 0 radical (unpaired) electrons. The predicted molar refractivity (Wildman–Crippen MR) is 99.1 cm³/mol. The quantitative estimate of drug-likeness (QED) is 0.566. The Hall–Kier alpha value is -0.0700. The second kappa shape index (κ2) is 4.98. The standard InChI is InChI=1S/C19H28INO2/c1-14-15(20)4-5-21(14)12-18-7-16(2)6-17(3,8-18)10-19(9-16,11-18)23-13-22/h4-5,22H,6-13H2,1-3H3.